The molecule has 2 unspecified atom stereocenters. The molecule has 0 spiro atoms. The van der Waals surface area contributed by atoms with Crippen LogP contribution in [0.25, 0.3) is 0 Å². The Bertz CT molecular complexity index is 1070. The zero-order chi connectivity index (χ0) is 25.3. The number of likely N-dealkylation sites (tertiary alicyclic amines) is 1. The predicted octanol–water partition coefficient (Wildman–Crippen LogP) is 4.01. The van der Waals surface area contributed by atoms with Crippen molar-refractivity contribution in [3.05, 3.63) is 53.6 Å². The van der Waals surface area contributed by atoms with E-state index in [1.807, 2.05) is 0 Å². The van der Waals surface area contributed by atoms with Crippen LogP contribution in [0.2, 0.25) is 0 Å². The van der Waals surface area contributed by atoms with Crippen LogP contribution in [-0.2, 0) is 11.0 Å². The molecule has 2 aromatic rings. The minimum absolute atomic E-state index is 0.0596. The second-order valence-electron chi connectivity index (χ2n) is 7.97. The number of amides is 1. The summed E-state index contributed by atoms with van der Waals surface area (Å²) in [5, 5.41) is 18.8. The van der Waals surface area contributed by atoms with E-state index in [0.717, 1.165) is 17.0 Å². The first-order valence-electron chi connectivity index (χ1n) is 10.0. The number of nitrogens with zero attached hydrogens (tertiary/aromatic N) is 3. The van der Waals surface area contributed by atoms with Crippen LogP contribution in [-0.4, -0.2) is 57.3 Å². The third-order valence-corrected chi connectivity index (χ3v) is 5.39. The molecular weight excluding hydrogens is 466 g/mol. The van der Waals surface area contributed by atoms with E-state index in [2.05, 4.69) is 15.3 Å². The highest BCUT2D eigenvalue weighted by Crippen LogP contribution is 2.35. The van der Waals surface area contributed by atoms with Gasteiger partial charge in [-0.15, -0.1) is 0 Å². The normalized spacial score (nSPS) is 20.0. The Morgan fingerprint density at radius 2 is 1.76 bits per heavy atom. The van der Waals surface area contributed by atoms with Crippen molar-refractivity contribution < 1.29 is 31.1 Å². The number of hydrogen-bond donors (Lipinski definition) is 3. The number of halogens is 6. The van der Waals surface area contributed by atoms with Gasteiger partial charge in [-0.25, -0.2) is 23.1 Å². The van der Waals surface area contributed by atoms with Crippen molar-refractivity contribution in [3.63, 3.8) is 0 Å². The third-order valence-electron chi connectivity index (χ3n) is 5.39. The maximum Gasteiger partial charge on any atom is 0.419 e. The maximum atomic E-state index is 14.3. The molecule has 0 saturated carbocycles. The van der Waals surface area contributed by atoms with Gasteiger partial charge in [0.2, 0.25) is 5.95 Å². The summed E-state index contributed by atoms with van der Waals surface area (Å²) in [7, 11) is 0. The number of carbonyl (C=O) groups excluding carboxylic acids is 1. The molecule has 2 heterocycles. The van der Waals surface area contributed by atoms with Gasteiger partial charge < -0.3 is 10.2 Å². The van der Waals surface area contributed by atoms with E-state index in [1.165, 1.54) is 19.1 Å². The number of alkyl halides is 5. The molecule has 1 aliphatic rings. The van der Waals surface area contributed by atoms with E-state index in [9.17, 15) is 31.1 Å². The first kappa shape index (κ1) is 25.1. The van der Waals surface area contributed by atoms with Crippen molar-refractivity contribution >= 4 is 23.3 Å². The summed E-state index contributed by atoms with van der Waals surface area (Å²) >= 11 is 0. The number of nitrogens with one attached hydrogen (secondary N) is 3. The zero-order valence-electron chi connectivity index (χ0n) is 17.8. The minimum atomic E-state index is -4.62. The summed E-state index contributed by atoms with van der Waals surface area (Å²) in [4.78, 5) is 20.9. The molecule has 0 radical (unpaired) electrons. The van der Waals surface area contributed by atoms with Crippen molar-refractivity contribution in [3.8, 4) is 0 Å². The number of aromatic nitrogens is 2. The molecule has 3 N–H and O–H groups in total. The average molecular weight is 486 g/mol. The Morgan fingerprint density at radius 1 is 1.18 bits per heavy atom. The highest BCUT2D eigenvalue weighted by Gasteiger charge is 2.47. The van der Waals surface area contributed by atoms with Gasteiger partial charge in [0.15, 0.2) is 0 Å². The fraction of sp³-hybridized carbons (Fsp3) is 0.381. The minimum Gasteiger partial charge on any atom is -0.352 e. The van der Waals surface area contributed by atoms with Crippen LogP contribution >= 0.6 is 0 Å². The molecule has 3 rings (SSSR count). The summed E-state index contributed by atoms with van der Waals surface area (Å²) in [5.41, 5.74) is -2.42. The largest absolute Gasteiger partial charge is 0.419 e. The summed E-state index contributed by atoms with van der Waals surface area (Å²) in [6.45, 7) is 0.295. The van der Waals surface area contributed by atoms with Crippen LogP contribution in [0.5, 0.6) is 0 Å². The van der Waals surface area contributed by atoms with E-state index >= 15 is 0 Å². The van der Waals surface area contributed by atoms with Crippen LogP contribution in [0.1, 0.15) is 24.5 Å². The van der Waals surface area contributed by atoms with Gasteiger partial charge in [0.1, 0.15) is 11.5 Å². The highest BCUT2D eigenvalue weighted by atomic mass is 19.4. The number of anilines is 1. The summed E-state index contributed by atoms with van der Waals surface area (Å²) < 4.78 is 79.7. The Labute approximate surface area is 190 Å². The van der Waals surface area contributed by atoms with E-state index in [1.54, 1.807) is 0 Å². The monoisotopic (exact) mass is 486 g/mol. The Balaban J connectivity index is 1.78. The Hall–Kier alpha value is -3.51. The molecule has 1 fully saturated rings. The highest BCUT2D eigenvalue weighted by molar-refractivity contribution is 6.68. The van der Waals surface area contributed by atoms with Crippen molar-refractivity contribution in [1.82, 2.24) is 14.9 Å². The molecule has 7 nitrogen and oxygen atoms in total. The molecule has 1 amide bonds. The molecule has 2 atom stereocenters. The Morgan fingerprint density at radius 3 is 2.32 bits per heavy atom. The second-order valence-corrected chi connectivity index (χ2v) is 7.97. The van der Waals surface area contributed by atoms with Gasteiger partial charge in [0.05, 0.1) is 23.9 Å². The van der Waals surface area contributed by atoms with E-state index in [-0.39, 0.29) is 18.1 Å². The first-order valence-corrected chi connectivity index (χ1v) is 10.0. The van der Waals surface area contributed by atoms with Crippen molar-refractivity contribution in [2.75, 3.05) is 18.4 Å². The molecule has 34 heavy (non-hydrogen) atoms. The van der Waals surface area contributed by atoms with Gasteiger partial charge in [0.25, 0.3) is 11.8 Å². The molecule has 0 aliphatic carbocycles. The second kappa shape index (κ2) is 9.39. The molecular formula is C21H20F6N6O. The number of piperidine rings is 1. The van der Waals surface area contributed by atoms with Crippen molar-refractivity contribution in [2.45, 2.75) is 31.5 Å². The fourth-order valence-corrected chi connectivity index (χ4v) is 3.65. The van der Waals surface area contributed by atoms with Crippen LogP contribution in [0, 0.1) is 22.6 Å². The fourth-order valence-electron chi connectivity index (χ4n) is 3.65. The van der Waals surface area contributed by atoms with E-state index in [0.29, 0.717) is 12.4 Å². The SMILES string of the molecule is CC1CC(F)(F)CN(C(=O)C(=N)C(=N)c2ccc(F)cc2)C1CNc1ncc(C(F)(F)F)cn1. The molecule has 13 heteroatoms. The zero-order valence-corrected chi connectivity index (χ0v) is 17.8. The lowest BCUT2D eigenvalue weighted by Gasteiger charge is -2.43. The standard InChI is InChI=1S/C21H20F6N6O/c1-11-6-20(23,24)10-33(18(34)17(29)16(28)12-2-4-14(22)5-3-12)15(11)9-32-19-30-7-13(8-31-19)21(25,26)27/h2-5,7-8,11,15,28-29H,6,9-10H2,1H3,(H,30,31,32). The quantitative estimate of drug-likeness (QED) is 0.424. The lowest BCUT2D eigenvalue weighted by Crippen LogP contribution is -2.59. The molecule has 182 valence electrons. The third kappa shape index (κ3) is 5.69. The Kier molecular flexibility index (Phi) is 6.94. The van der Waals surface area contributed by atoms with Gasteiger partial charge in [0, 0.05) is 30.9 Å². The van der Waals surface area contributed by atoms with Gasteiger partial charge in [-0.05, 0) is 30.2 Å². The maximum absolute atomic E-state index is 14.3. The van der Waals surface area contributed by atoms with Crippen LogP contribution in [0.15, 0.2) is 36.7 Å². The topological polar surface area (TPSA) is 106 Å². The molecule has 0 bridgehead atoms. The lowest BCUT2D eigenvalue weighted by molar-refractivity contribution is -0.145. The number of benzene rings is 1. The number of carbonyl (C=O) groups is 1. The van der Waals surface area contributed by atoms with Crippen LogP contribution in [0.3, 0.4) is 0 Å². The molecule has 1 aliphatic heterocycles. The average Bonchev–Trinajstić information content (AvgIpc) is 2.76. The molecule has 1 aromatic carbocycles. The van der Waals surface area contributed by atoms with E-state index < -0.39 is 65.7 Å². The van der Waals surface area contributed by atoms with Crippen molar-refractivity contribution in [1.29, 1.82) is 10.8 Å². The smallest absolute Gasteiger partial charge is 0.352 e. The van der Waals surface area contributed by atoms with Crippen LogP contribution < -0.4 is 5.32 Å². The van der Waals surface area contributed by atoms with E-state index in [4.69, 9.17) is 10.8 Å². The van der Waals surface area contributed by atoms with Gasteiger partial charge in [-0.2, -0.15) is 13.2 Å². The first-order chi connectivity index (χ1) is 15.8. The van der Waals surface area contributed by atoms with Gasteiger partial charge in [-0.3, -0.25) is 15.6 Å². The number of rotatable bonds is 6. The summed E-state index contributed by atoms with van der Waals surface area (Å²) in [6.07, 6.45) is -4.05. The number of hydrogen-bond acceptors (Lipinski definition) is 6. The van der Waals surface area contributed by atoms with Crippen molar-refractivity contribution in [2.24, 2.45) is 5.92 Å². The molecule has 1 saturated heterocycles. The van der Waals surface area contributed by atoms with Gasteiger partial charge >= 0.3 is 6.18 Å². The van der Waals surface area contributed by atoms with Gasteiger partial charge in [-0.1, -0.05) is 6.92 Å². The summed E-state index contributed by atoms with van der Waals surface area (Å²) in [6, 6.07) is 3.56. The lowest BCUT2D eigenvalue weighted by atomic mass is 9.87. The summed E-state index contributed by atoms with van der Waals surface area (Å²) in [5.74, 6) is -5.91. The molecule has 1 aromatic heterocycles. The van der Waals surface area contributed by atoms with Crippen LogP contribution in [0.4, 0.5) is 32.3 Å². The predicted molar refractivity (Wildman–Crippen MR) is 111 cm³/mol.